The fourth-order valence-corrected chi connectivity index (χ4v) is 5.73. The van der Waals surface area contributed by atoms with Gasteiger partial charge in [-0.1, -0.05) is 12.1 Å². The van der Waals surface area contributed by atoms with Crippen molar-refractivity contribution in [2.75, 3.05) is 13.6 Å². The first-order chi connectivity index (χ1) is 11.0. The minimum Gasteiger partial charge on any atom is -0.481 e. The zero-order valence-electron chi connectivity index (χ0n) is 13.2. The molecule has 1 aromatic rings. The van der Waals surface area contributed by atoms with Crippen molar-refractivity contribution in [1.29, 1.82) is 0 Å². The zero-order valence-corrected chi connectivity index (χ0v) is 13.2. The van der Waals surface area contributed by atoms with Crippen LogP contribution < -0.4 is 4.74 Å². The lowest BCUT2D eigenvalue weighted by atomic mass is 9.49. The third kappa shape index (κ3) is 1.35. The van der Waals surface area contributed by atoms with E-state index >= 15 is 0 Å². The highest BCUT2D eigenvalue weighted by molar-refractivity contribution is 5.89. The molecule has 2 aliphatic heterocycles. The van der Waals surface area contributed by atoms with Crippen LogP contribution in [0.4, 0.5) is 0 Å². The van der Waals surface area contributed by atoms with Crippen LogP contribution in [0.3, 0.4) is 0 Å². The molecule has 1 saturated heterocycles. The summed E-state index contributed by atoms with van der Waals surface area (Å²) in [6.07, 6.45) is 1.77. The average molecular weight is 315 g/mol. The van der Waals surface area contributed by atoms with E-state index in [0.29, 0.717) is 18.6 Å². The van der Waals surface area contributed by atoms with Gasteiger partial charge in [0.05, 0.1) is 17.6 Å². The molecule has 1 aromatic carbocycles. The van der Waals surface area contributed by atoms with E-state index in [4.69, 9.17) is 4.74 Å². The third-order valence-corrected chi connectivity index (χ3v) is 6.80. The molecule has 2 aliphatic carbocycles. The van der Waals surface area contributed by atoms with Gasteiger partial charge >= 0.3 is 0 Å². The second-order valence-corrected chi connectivity index (χ2v) is 7.56. The number of hydrogen-bond donors (Lipinski definition) is 2. The third-order valence-electron chi connectivity index (χ3n) is 6.80. The number of likely N-dealkylation sites (tertiary alicyclic amines) is 1. The molecule has 5 nitrogen and oxygen atoms in total. The molecule has 122 valence electrons. The first-order valence-corrected chi connectivity index (χ1v) is 8.41. The maximum atomic E-state index is 12.6. The van der Waals surface area contributed by atoms with Gasteiger partial charge in [-0.05, 0) is 38.4 Å². The number of nitrogens with zero attached hydrogens (tertiary/aromatic N) is 1. The standard InChI is InChI=1S/C18H21NO4/c1-19-7-6-17-14-10-2-3-11(9-20)15(14)23-16(17)12(21)4-5-18(17,22)13(19)8-10/h2-3,13,16,20,22H,4-9H2,1H3/t13?,16?,17?,18-/m1/s1. The van der Waals surface area contributed by atoms with E-state index in [9.17, 15) is 15.0 Å². The van der Waals surface area contributed by atoms with Crippen LogP contribution in [0, 0.1) is 0 Å². The van der Waals surface area contributed by atoms with Gasteiger partial charge in [0.2, 0.25) is 0 Å². The summed E-state index contributed by atoms with van der Waals surface area (Å²) < 4.78 is 6.13. The molecule has 2 fully saturated rings. The van der Waals surface area contributed by atoms with Crippen molar-refractivity contribution in [2.24, 2.45) is 0 Å². The number of piperidine rings is 1. The number of aliphatic hydroxyl groups is 2. The smallest absolute Gasteiger partial charge is 0.174 e. The van der Waals surface area contributed by atoms with Crippen molar-refractivity contribution in [2.45, 2.75) is 55.5 Å². The minimum atomic E-state index is -0.926. The molecular formula is C18H21NO4. The van der Waals surface area contributed by atoms with E-state index in [1.54, 1.807) is 0 Å². The van der Waals surface area contributed by atoms with Crippen LogP contribution in [-0.4, -0.2) is 52.2 Å². The van der Waals surface area contributed by atoms with Crippen LogP contribution in [-0.2, 0) is 23.2 Å². The maximum absolute atomic E-state index is 12.6. The highest BCUT2D eigenvalue weighted by Gasteiger charge is 2.72. The highest BCUT2D eigenvalue weighted by Crippen LogP contribution is 2.63. The number of Topliss-reactive ketones (excluding diaryl/α,β-unsaturated/α-hetero) is 1. The lowest BCUT2D eigenvalue weighted by Crippen LogP contribution is -2.76. The molecule has 4 aliphatic rings. The predicted octanol–water partition coefficient (Wildman–Crippen LogP) is 0.532. The summed E-state index contributed by atoms with van der Waals surface area (Å²) in [5, 5.41) is 21.4. The van der Waals surface area contributed by atoms with Gasteiger partial charge in [-0.2, -0.15) is 0 Å². The summed E-state index contributed by atoms with van der Waals surface area (Å²) in [5.74, 6) is 0.748. The molecule has 0 aromatic heterocycles. The Bertz CT molecular complexity index is 732. The van der Waals surface area contributed by atoms with Crippen LogP contribution in [0.25, 0.3) is 0 Å². The van der Waals surface area contributed by atoms with E-state index in [1.807, 2.05) is 12.1 Å². The molecule has 3 unspecified atom stereocenters. The van der Waals surface area contributed by atoms with Crippen LogP contribution >= 0.6 is 0 Å². The van der Waals surface area contributed by atoms with E-state index in [0.717, 1.165) is 36.1 Å². The summed E-state index contributed by atoms with van der Waals surface area (Å²) in [6.45, 7) is 0.740. The Kier molecular flexibility index (Phi) is 2.52. The second-order valence-electron chi connectivity index (χ2n) is 7.56. The second kappa shape index (κ2) is 4.15. The summed E-state index contributed by atoms with van der Waals surface area (Å²) >= 11 is 0. The Balaban J connectivity index is 1.86. The Morgan fingerprint density at radius 2 is 2.22 bits per heavy atom. The number of likely N-dealkylation sites (N-methyl/N-ethyl adjacent to an activating group) is 1. The molecule has 23 heavy (non-hydrogen) atoms. The summed E-state index contributed by atoms with van der Waals surface area (Å²) in [5.41, 5.74) is 1.34. The van der Waals surface area contributed by atoms with Gasteiger partial charge in [-0.15, -0.1) is 0 Å². The molecule has 2 bridgehead atoms. The number of benzene rings is 1. The van der Waals surface area contributed by atoms with Crippen molar-refractivity contribution >= 4 is 5.78 Å². The Morgan fingerprint density at radius 3 is 3.00 bits per heavy atom. The Labute approximate surface area is 134 Å². The van der Waals surface area contributed by atoms with Crippen LogP contribution in [0.2, 0.25) is 0 Å². The molecule has 4 atom stereocenters. The maximum Gasteiger partial charge on any atom is 0.174 e. The van der Waals surface area contributed by atoms with Crippen molar-refractivity contribution in [3.05, 3.63) is 28.8 Å². The SMILES string of the molecule is CN1CCC23c4c5ccc(CO)c4OC2C(=O)CC[C@@]3(O)C1C5. The number of ketones is 1. The molecule has 1 saturated carbocycles. The minimum absolute atomic E-state index is 0.0221. The molecule has 2 heterocycles. The molecule has 5 heteroatoms. The van der Waals surface area contributed by atoms with Gasteiger partial charge in [0, 0.05) is 23.6 Å². The first kappa shape index (κ1) is 14.0. The molecule has 0 amide bonds. The molecule has 0 radical (unpaired) electrons. The zero-order chi connectivity index (χ0) is 16.0. The molecule has 1 spiro atoms. The number of carbonyl (C=O) groups is 1. The Hall–Kier alpha value is -1.43. The van der Waals surface area contributed by atoms with E-state index in [-0.39, 0.29) is 18.4 Å². The van der Waals surface area contributed by atoms with Gasteiger partial charge in [0.1, 0.15) is 5.75 Å². The molecule has 5 rings (SSSR count). The number of rotatable bonds is 1. The van der Waals surface area contributed by atoms with E-state index in [1.165, 1.54) is 0 Å². The Morgan fingerprint density at radius 1 is 1.39 bits per heavy atom. The number of carbonyl (C=O) groups excluding carboxylic acids is 1. The van der Waals surface area contributed by atoms with Crippen molar-refractivity contribution < 1.29 is 19.7 Å². The fourth-order valence-electron chi connectivity index (χ4n) is 5.73. The largest absolute Gasteiger partial charge is 0.481 e. The van der Waals surface area contributed by atoms with Gasteiger partial charge in [0.25, 0.3) is 0 Å². The molecular weight excluding hydrogens is 294 g/mol. The summed E-state index contributed by atoms with van der Waals surface area (Å²) in [6, 6.07) is 3.96. The van der Waals surface area contributed by atoms with Crippen molar-refractivity contribution in [1.82, 2.24) is 4.90 Å². The fraction of sp³-hybridized carbons (Fsp3) is 0.611. The van der Waals surface area contributed by atoms with Crippen LogP contribution in [0.5, 0.6) is 5.75 Å². The average Bonchev–Trinajstić information content (AvgIpc) is 2.90. The van der Waals surface area contributed by atoms with Crippen LogP contribution in [0.15, 0.2) is 12.1 Å². The normalized spacial score (nSPS) is 40.7. The number of ether oxygens (including phenoxy) is 1. The van der Waals surface area contributed by atoms with Gasteiger partial charge in [-0.25, -0.2) is 0 Å². The van der Waals surface area contributed by atoms with Crippen molar-refractivity contribution in [3.63, 3.8) is 0 Å². The van der Waals surface area contributed by atoms with Gasteiger partial charge < -0.3 is 19.8 Å². The summed E-state index contributed by atoms with van der Waals surface area (Å²) in [4.78, 5) is 14.9. The topological polar surface area (TPSA) is 70.0 Å². The van der Waals surface area contributed by atoms with Crippen molar-refractivity contribution in [3.8, 4) is 5.75 Å². The van der Waals surface area contributed by atoms with E-state index in [2.05, 4.69) is 11.9 Å². The lowest BCUT2D eigenvalue weighted by Gasteiger charge is -2.62. The number of aliphatic hydroxyl groups excluding tert-OH is 1. The van der Waals surface area contributed by atoms with E-state index < -0.39 is 17.1 Å². The summed E-state index contributed by atoms with van der Waals surface area (Å²) in [7, 11) is 2.06. The van der Waals surface area contributed by atoms with Gasteiger partial charge in [0.15, 0.2) is 11.9 Å². The number of hydrogen-bond acceptors (Lipinski definition) is 5. The molecule has 2 N–H and O–H groups in total. The van der Waals surface area contributed by atoms with Gasteiger partial charge in [-0.3, -0.25) is 4.79 Å². The van der Waals surface area contributed by atoms with Crippen LogP contribution in [0.1, 0.15) is 36.0 Å². The monoisotopic (exact) mass is 315 g/mol. The lowest BCUT2D eigenvalue weighted by molar-refractivity contribution is -0.185. The quantitative estimate of drug-likeness (QED) is 0.791. The predicted molar refractivity (Wildman–Crippen MR) is 82.4 cm³/mol. The highest BCUT2D eigenvalue weighted by atomic mass is 16.5. The first-order valence-electron chi connectivity index (χ1n) is 8.41.